The lowest BCUT2D eigenvalue weighted by molar-refractivity contribution is -0.132. The monoisotopic (exact) mass is 690 g/mol. The summed E-state index contributed by atoms with van der Waals surface area (Å²) in [6, 6.07) is 4.92. The number of fused-ring (bicyclic) bond motifs is 4. The van der Waals surface area contributed by atoms with Crippen molar-refractivity contribution in [1.29, 1.82) is 5.26 Å². The Labute approximate surface area is 287 Å². The van der Waals surface area contributed by atoms with Crippen LogP contribution in [0.25, 0.3) is 32.9 Å². The quantitative estimate of drug-likeness (QED) is 0.202. The van der Waals surface area contributed by atoms with Crippen molar-refractivity contribution in [3.63, 3.8) is 0 Å². The lowest BCUT2D eigenvalue weighted by Crippen LogP contribution is -2.67. The Morgan fingerprint density at radius 1 is 1.21 bits per heavy atom. The number of amides is 1. The summed E-state index contributed by atoms with van der Waals surface area (Å²) in [5.74, 6) is -1.83. The Morgan fingerprint density at radius 3 is 2.65 bits per heavy atom. The second-order valence-electron chi connectivity index (χ2n) is 13.5. The molecule has 13 heteroatoms. The van der Waals surface area contributed by atoms with Crippen LogP contribution in [0.15, 0.2) is 35.7 Å². The maximum atomic E-state index is 17.2. The number of likely N-dealkylation sites (tertiary alicyclic amines) is 1. The molecule has 9 nitrogen and oxygen atoms in total. The molecule has 0 bridgehead atoms. The highest BCUT2D eigenvalue weighted by Gasteiger charge is 2.43. The maximum Gasteiger partial charge on any atom is 0.282 e. The summed E-state index contributed by atoms with van der Waals surface area (Å²) in [6.45, 7) is 9.20. The number of anilines is 1. The molecule has 4 aromatic rings. The molecule has 2 aromatic heterocycles. The Balaban J connectivity index is 1.44. The van der Waals surface area contributed by atoms with Gasteiger partial charge < -0.3 is 14.7 Å². The highest BCUT2D eigenvalue weighted by molar-refractivity contribution is 6.36. The number of hydrogen-bond donors (Lipinski definition) is 0. The zero-order valence-corrected chi connectivity index (χ0v) is 28.6. The lowest BCUT2D eigenvalue weighted by atomic mass is 9.90. The molecular formula is C35H34Cl2F2N8O. The molecule has 2 saturated heterocycles. The molecule has 248 valence electrons. The largest absolute Gasteiger partial charge is 0.352 e. The van der Waals surface area contributed by atoms with Crippen LogP contribution >= 0.6 is 23.2 Å². The third-order valence-electron chi connectivity index (χ3n) is 10.4. The van der Waals surface area contributed by atoms with Gasteiger partial charge in [0.15, 0.2) is 11.6 Å². The second-order valence-corrected chi connectivity index (χ2v) is 14.3. The fourth-order valence-corrected chi connectivity index (χ4v) is 7.96. The van der Waals surface area contributed by atoms with E-state index in [2.05, 4.69) is 34.4 Å². The predicted molar refractivity (Wildman–Crippen MR) is 185 cm³/mol. The molecule has 0 saturated carbocycles. The summed E-state index contributed by atoms with van der Waals surface area (Å²) in [7, 11) is 4.07. The topological polar surface area (TPSA) is 93.7 Å². The van der Waals surface area contributed by atoms with Gasteiger partial charge in [-0.1, -0.05) is 29.8 Å². The van der Waals surface area contributed by atoms with Crippen LogP contribution in [0, 0.1) is 24.1 Å². The SMILES string of the molecule is C=C(F)C(=O)N1CC[C@H](n2ncc3c(N4CC(C)(N(C)C)C4)nc4c(F)c(-c5c(C)c(Cl)cc6c5C=NC6)c(Cl)cc4c32)C[C@H]1CC#N. The summed E-state index contributed by atoms with van der Waals surface area (Å²) < 4.78 is 33.0. The van der Waals surface area contributed by atoms with Crippen LogP contribution in [0.1, 0.15) is 48.9 Å². The van der Waals surface area contributed by atoms with E-state index in [-0.39, 0.29) is 40.6 Å². The van der Waals surface area contributed by atoms with E-state index in [0.29, 0.717) is 65.3 Å². The first-order valence-corrected chi connectivity index (χ1v) is 16.6. The summed E-state index contributed by atoms with van der Waals surface area (Å²) in [5.41, 5.74) is 3.90. The minimum absolute atomic E-state index is 0.0234. The maximum absolute atomic E-state index is 17.2. The number of nitriles is 1. The van der Waals surface area contributed by atoms with Crippen LogP contribution in [0.5, 0.6) is 0 Å². The first-order chi connectivity index (χ1) is 22.8. The number of nitrogens with zero attached hydrogens (tertiary/aromatic N) is 8. The molecule has 0 spiro atoms. The molecular weight excluding hydrogens is 657 g/mol. The van der Waals surface area contributed by atoms with E-state index in [4.69, 9.17) is 33.3 Å². The number of pyridine rings is 1. The van der Waals surface area contributed by atoms with E-state index in [9.17, 15) is 14.4 Å². The molecule has 0 aliphatic carbocycles. The number of carbonyl (C=O) groups is 1. The number of piperidine rings is 1. The highest BCUT2D eigenvalue weighted by Crippen LogP contribution is 2.46. The van der Waals surface area contributed by atoms with Gasteiger partial charge in [0.2, 0.25) is 0 Å². The van der Waals surface area contributed by atoms with Crippen molar-refractivity contribution in [1.82, 2.24) is 24.6 Å². The zero-order valence-electron chi connectivity index (χ0n) is 27.1. The van der Waals surface area contributed by atoms with E-state index in [1.165, 1.54) is 4.90 Å². The van der Waals surface area contributed by atoms with Crippen molar-refractivity contribution in [3.8, 4) is 17.2 Å². The molecule has 0 N–H and O–H groups in total. The smallest absolute Gasteiger partial charge is 0.282 e. The van der Waals surface area contributed by atoms with Gasteiger partial charge in [0, 0.05) is 53.4 Å². The minimum atomic E-state index is -1.06. The van der Waals surface area contributed by atoms with Crippen LogP contribution in [0.3, 0.4) is 0 Å². The van der Waals surface area contributed by atoms with Crippen LogP contribution in [-0.2, 0) is 11.3 Å². The Hall–Kier alpha value is -4.11. The Kier molecular flexibility index (Phi) is 7.97. The van der Waals surface area contributed by atoms with E-state index in [1.807, 2.05) is 31.8 Å². The summed E-state index contributed by atoms with van der Waals surface area (Å²) >= 11 is 13.6. The van der Waals surface area contributed by atoms with Crippen molar-refractivity contribution >= 4 is 62.9 Å². The summed E-state index contributed by atoms with van der Waals surface area (Å²) in [6.07, 6.45) is 4.30. The number of hydrogen-bond acceptors (Lipinski definition) is 7. The molecule has 48 heavy (non-hydrogen) atoms. The molecule has 0 unspecified atom stereocenters. The number of carbonyl (C=O) groups excluding carboxylic acids is 1. The van der Waals surface area contributed by atoms with Gasteiger partial charge in [0.1, 0.15) is 11.3 Å². The molecule has 2 fully saturated rings. The molecule has 1 amide bonds. The standard InChI is InChI=1S/C35H34Cl2F2N8O/c1-18-26(36)10-20-13-41-14-24(20)28(18)29-27(37)12-23-31(30(29)39)43-33(45-16-35(3,17-45)44(4)5)25-15-42-47(32(23)25)22-7-9-46(34(48)19(2)38)21(11-22)6-8-40/h10,12,14-15,21-22H,2,6-7,9,11,13,16-17H2,1,3-5H3/t21-,22+/m1/s1. The van der Waals surface area contributed by atoms with Gasteiger partial charge in [-0.2, -0.15) is 10.4 Å². The number of likely N-dealkylation sites (N-methyl/N-ethyl adjacent to an activating group) is 1. The fourth-order valence-electron chi connectivity index (χ4n) is 7.45. The molecule has 2 aromatic carbocycles. The first kappa shape index (κ1) is 32.4. The summed E-state index contributed by atoms with van der Waals surface area (Å²) in [4.78, 5) is 27.7. The Bertz CT molecular complexity index is 2110. The average Bonchev–Trinajstić information content (AvgIpc) is 3.68. The van der Waals surface area contributed by atoms with Crippen LogP contribution < -0.4 is 4.90 Å². The van der Waals surface area contributed by atoms with Crippen LogP contribution in [-0.4, -0.2) is 82.0 Å². The van der Waals surface area contributed by atoms with Gasteiger partial charge in [-0.3, -0.25) is 14.5 Å². The van der Waals surface area contributed by atoms with Gasteiger partial charge in [0.05, 0.1) is 52.7 Å². The number of benzene rings is 2. The number of rotatable bonds is 6. The molecule has 3 aliphatic rings. The molecule has 2 atom stereocenters. The average molecular weight is 692 g/mol. The highest BCUT2D eigenvalue weighted by atomic mass is 35.5. The van der Waals surface area contributed by atoms with E-state index < -0.39 is 23.6 Å². The third kappa shape index (κ3) is 4.96. The van der Waals surface area contributed by atoms with Crippen LogP contribution in [0.2, 0.25) is 10.0 Å². The molecule has 5 heterocycles. The van der Waals surface area contributed by atoms with E-state index in [0.717, 1.165) is 16.5 Å². The van der Waals surface area contributed by atoms with Gasteiger partial charge >= 0.3 is 0 Å². The van der Waals surface area contributed by atoms with Crippen molar-refractivity contribution in [2.75, 3.05) is 38.6 Å². The lowest BCUT2D eigenvalue weighted by Gasteiger charge is -2.52. The van der Waals surface area contributed by atoms with Crippen molar-refractivity contribution < 1.29 is 13.6 Å². The van der Waals surface area contributed by atoms with Crippen molar-refractivity contribution in [2.45, 2.75) is 57.3 Å². The number of halogens is 4. The van der Waals surface area contributed by atoms with Gasteiger partial charge in [-0.25, -0.2) is 13.8 Å². The minimum Gasteiger partial charge on any atom is -0.352 e. The third-order valence-corrected chi connectivity index (χ3v) is 11.1. The normalized spacial score (nSPS) is 20.0. The molecule has 3 aliphatic heterocycles. The van der Waals surface area contributed by atoms with E-state index >= 15 is 4.39 Å². The van der Waals surface area contributed by atoms with Gasteiger partial charge in [-0.05, 0) is 69.6 Å². The van der Waals surface area contributed by atoms with Crippen molar-refractivity contribution in [3.05, 3.63) is 63.3 Å². The van der Waals surface area contributed by atoms with Gasteiger partial charge in [-0.15, -0.1) is 0 Å². The van der Waals surface area contributed by atoms with Crippen LogP contribution in [0.4, 0.5) is 14.6 Å². The number of aliphatic imine (C=N–C) groups is 1. The zero-order chi connectivity index (χ0) is 34.2. The number of aromatic nitrogens is 3. The predicted octanol–water partition coefficient (Wildman–Crippen LogP) is 7.01. The fraction of sp³-hybridized carbons (Fsp3) is 0.400. The first-order valence-electron chi connectivity index (χ1n) is 15.8. The summed E-state index contributed by atoms with van der Waals surface area (Å²) in [5, 5.41) is 16.3. The van der Waals surface area contributed by atoms with E-state index in [1.54, 1.807) is 18.5 Å². The second kappa shape index (κ2) is 11.8. The van der Waals surface area contributed by atoms with Gasteiger partial charge in [0.25, 0.3) is 5.91 Å². The Morgan fingerprint density at radius 2 is 1.96 bits per heavy atom. The van der Waals surface area contributed by atoms with Crippen molar-refractivity contribution in [2.24, 2.45) is 4.99 Å². The molecule has 0 radical (unpaired) electrons. The molecule has 7 rings (SSSR count).